The summed E-state index contributed by atoms with van der Waals surface area (Å²) < 4.78 is 5.52. The summed E-state index contributed by atoms with van der Waals surface area (Å²) >= 11 is 5.53. The second-order valence-electron chi connectivity index (χ2n) is 7.53. The number of hydrogen-bond donors (Lipinski definition) is 2. The maximum Gasteiger partial charge on any atom is 0.338 e. The summed E-state index contributed by atoms with van der Waals surface area (Å²) in [6, 6.07) is 15.9. The van der Waals surface area contributed by atoms with Crippen LogP contribution in [0.25, 0.3) is 0 Å². The number of anilines is 1. The van der Waals surface area contributed by atoms with Crippen LogP contribution in [-0.2, 0) is 9.53 Å². The number of allylic oxidation sites excluding steroid dienone is 1. The summed E-state index contributed by atoms with van der Waals surface area (Å²) in [5.74, 6) is -0.585. The van der Waals surface area contributed by atoms with Crippen LogP contribution in [0.4, 0.5) is 5.69 Å². The average molecular weight is 438 g/mol. The fourth-order valence-corrected chi connectivity index (χ4v) is 3.93. The highest BCUT2D eigenvalue weighted by Crippen LogP contribution is 2.32. The summed E-state index contributed by atoms with van der Waals surface area (Å²) in [6.07, 6.45) is -0.242. The molecule has 0 spiro atoms. The molecular formula is C24H27N3O3S. The number of carbonyl (C=O) groups is 2. The van der Waals surface area contributed by atoms with E-state index in [1.165, 1.54) is 0 Å². The van der Waals surface area contributed by atoms with Crippen LogP contribution < -0.4 is 10.6 Å². The van der Waals surface area contributed by atoms with Gasteiger partial charge in [0.25, 0.3) is 5.91 Å². The van der Waals surface area contributed by atoms with Crippen LogP contribution in [0.2, 0.25) is 0 Å². The number of carbonyl (C=O) groups excluding carboxylic acids is 2. The molecule has 1 amide bonds. The van der Waals surface area contributed by atoms with E-state index in [1.54, 1.807) is 12.1 Å². The molecule has 3 rings (SSSR count). The molecule has 0 fully saturated rings. The van der Waals surface area contributed by atoms with Crippen molar-refractivity contribution in [3.63, 3.8) is 0 Å². The number of ether oxygens (including phenoxy) is 1. The molecule has 2 aromatic carbocycles. The second-order valence-corrected chi connectivity index (χ2v) is 7.91. The summed E-state index contributed by atoms with van der Waals surface area (Å²) in [6.45, 7) is 8.13. The lowest BCUT2D eigenvalue weighted by molar-refractivity contribution is -0.143. The monoisotopic (exact) mass is 437 g/mol. The third-order valence-electron chi connectivity index (χ3n) is 4.99. The summed E-state index contributed by atoms with van der Waals surface area (Å²) in [5.41, 5.74) is 3.28. The Morgan fingerprint density at radius 3 is 2.52 bits per heavy atom. The zero-order chi connectivity index (χ0) is 22.5. The van der Waals surface area contributed by atoms with Crippen molar-refractivity contribution in [1.29, 1.82) is 0 Å². The summed E-state index contributed by atoms with van der Waals surface area (Å²) in [7, 11) is 0. The van der Waals surface area contributed by atoms with Gasteiger partial charge in [0.1, 0.15) is 0 Å². The van der Waals surface area contributed by atoms with Gasteiger partial charge in [0.2, 0.25) is 0 Å². The minimum Gasteiger partial charge on any atom is -0.459 e. The largest absolute Gasteiger partial charge is 0.459 e. The number of esters is 1. The fraction of sp³-hybridized carbons (Fsp3) is 0.292. The van der Waals surface area contributed by atoms with Crippen molar-refractivity contribution in [2.45, 2.75) is 39.8 Å². The molecule has 0 aliphatic carbocycles. The third kappa shape index (κ3) is 5.11. The Morgan fingerprint density at radius 1 is 1.16 bits per heavy atom. The smallest absolute Gasteiger partial charge is 0.338 e. The zero-order valence-corrected chi connectivity index (χ0v) is 19.0. The van der Waals surface area contributed by atoms with Crippen LogP contribution in [0.5, 0.6) is 0 Å². The summed E-state index contributed by atoms with van der Waals surface area (Å²) in [5, 5.41) is 6.73. The molecule has 1 atom stereocenters. The Morgan fingerprint density at radius 2 is 1.87 bits per heavy atom. The maximum absolute atomic E-state index is 13.0. The molecule has 1 aliphatic rings. The standard InChI is InChI=1S/C24H27N3O3S/c1-5-27-16(4)20(23(29)30-15(2)3)21(26-24(27)31)18-12-9-13-19(14-18)25-22(28)17-10-7-6-8-11-17/h6-15,21H,5H2,1-4H3,(H,25,28)(H,26,31)/t21-/m0/s1. The molecule has 162 valence electrons. The van der Waals surface area contributed by atoms with Gasteiger partial charge in [0.05, 0.1) is 17.7 Å². The fourth-order valence-electron chi connectivity index (χ4n) is 3.54. The molecule has 2 N–H and O–H groups in total. The van der Waals surface area contributed by atoms with E-state index in [2.05, 4.69) is 10.6 Å². The molecule has 31 heavy (non-hydrogen) atoms. The van der Waals surface area contributed by atoms with E-state index in [1.807, 2.05) is 75.1 Å². The van der Waals surface area contributed by atoms with Crippen molar-refractivity contribution in [2.24, 2.45) is 0 Å². The molecular weight excluding hydrogens is 410 g/mol. The van der Waals surface area contributed by atoms with Crippen LogP contribution in [0.15, 0.2) is 65.9 Å². The number of amides is 1. The Kier molecular flexibility index (Phi) is 7.07. The topological polar surface area (TPSA) is 70.7 Å². The van der Waals surface area contributed by atoms with Gasteiger partial charge in [-0.2, -0.15) is 0 Å². The molecule has 0 radical (unpaired) electrons. The van der Waals surface area contributed by atoms with E-state index in [0.29, 0.717) is 28.5 Å². The van der Waals surface area contributed by atoms with Gasteiger partial charge in [-0.05, 0) is 69.7 Å². The molecule has 1 aliphatic heterocycles. The number of benzene rings is 2. The van der Waals surface area contributed by atoms with Gasteiger partial charge < -0.3 is 20.3 Å². The first-order valence-electron chi connectivity index (χ1n) is 10.3. The lowest BCUT2D eigenvalue weighted by Gasteiger charge is -2.37. The minimum atomic E-state index is -0.477. The van der Waals surface area contributed by atoms with Crippen LogP contribution >= 0.6 is 12.2 Å². The van der Waals surface area contributed by atoms with Gasteiger partial charge in [0, 0.05) is 23.5 Å². The van der Waals surface area contributed by atoms with Crippen LogP contribution in [0, 0.1) is 0 Å². The Hall–Kier alpha value is -3.19. The Balaban J connectivity index is 1.95. The molecule has 0 unspecified atom stereocenters. The highest BCUT2D eigenvalue weighted by atomic mass is 32.1. The highest BCUT2D eigenvalue weighted by molar-refractivity contribution is 7.80. The van der Waals surface area contributed by atoms with Crippen molar-refractivity contribution in [1.82, 2.24) is 10.2 Å². The second kappa shape index (κ2) is 9.75. The predicted molar refractivity (Wildman–Crippen MR) is 126 cm³/mol. The van der Waals surface area contributed by atoms with Gasteiger partial charge in [0.15, 0.2) is 5.11 Å². The number of thiocarbonyl (C=S) groups is 1. The van der Waals surface area contributed by atoms with E-state index in [4.69, 9.17) is 17.0 Å². The molecule has 7 heteroatoms. The highest BCUT2D eigenvalue weighted by Gasteiger charge is 2.34. The van der Waals surface area contributed by atoms with Crippen LogP contribution in [0.3, 0.4) is 0 Å². The van der Waals surface area contributed by atoms with E-state index < -0.39 is 6.04 Å². The number of nitrogens with zero attached hydrogens (tertiary/aromatic N) is 1. The van der Waals surface area contributed by atoms with Crippen molar-refractivity contribution in [3.05, 3.63) is 77.0 Å². The minimum absolute atomic E-state index is 0.201. The first-order chi connectivity index (χ1) is 14.8. The summed E-state index contributed by atoms with van der Waals surface area (Å²) in [4.78, 5) is 27.4. The van der Waals surface area contributed by atoms with Gasteiger partial charge in [-0.15, -0.1) is 0 Å². The van der Waals surface area contributed by atoms with Gasteiger partial charge >= 0.3 is 5.97 Å². The molecule has 6 nitrogen and oxygen atoms in total. The average Bonchev–Trinajstić information content (AvgIpc) is 2.73. The van der Waals surface area contributed by atoms with Crippen LogP contribution in [0.1, 0.15) is 49.7 Å². The first-order valence-corrected chi connectivity index (χ1v) is 10.7. The van der Waals surface area contributed by atoms with E-state index >= 15 is 0 Å². The van der Waals surface area contributed by atoms with E-state index in [0.717, 1.165) is 11.3 Å². The zero-order valence-electron chi connectivity index (χ0n) is 18.1. The lowest BCUT2D eigenvalue weighted by atomic mass is 9.94. The molecule has 2 aromatic rings. The van der Waals surface area contributed by atoms with Crippen molar-refractivity contribution in [3.8, 4) is 0 Å². The SMILES string of the molecule is CCN1C(=S)N[C@@H](c2cccc(NC(=O)c3ccccc3)c2)C(C(=O)OC(C)C)=C1C. The molecule has 0 aromatic heterocycles. The van der Waals surface area contributed by atoms with Crippen molar-refractivity contribution >= 4 is 34.9 Å². The van der Waals surface area contributed by atoms with E-state index in [-0.39, 0.29) is 18.0 Å². The van der Waals surface area contributed by atoms with Gasteiger partial charge in [-0.25, -0.2) is 4.79 Å². The maximum atomic E-state index is 13.0. The first kappa shape index (κ1) is 22.5. The molecule has 0 saturated heterocycles. The molecule has 0 saturated carbocycles. The Bertz CT molecular complexity index is 1020. The Labute approximate surface area is 188 Å². The number of rotatable bonds is 6. The van der Waals surface area contributed by atoms with Gasteiger partial charge in [-0.1, -0.05) is 30.3 Å². The van der Waals surface area contributed by atoms with Crippen LogP contribution in [-0.4, -0.2) is 34.5 Å². The van der Waals surface area contributed by atoms with Crippen molar-refractivity contribution in [2.75, 3.05) is 11.9 Å². The molecule has 0 bridgehead atoms. The quantitative estimate of drug-likeness (QED) is 0.515. The normalized spacial score (nSPS) is 16.2. The number of hydrogen-bond acceptors (Lipinski definition) is 4. The lowest BCUT2D eigenvalue weighted by Crippen LogP contribution is -2.47. The third-order valence-corrected chi connectivity index (χ3v) is 5.33. The van der Waals surface area contributed by atoms with Gasteiger partial charge in [-0.3, -0.25) is 4.79 Å². The van der Waals surface area contributed by atoms with Crippen molar-refractivity contribution < 1.29 is 14.3 Å². The molecule has 1 heterocycles. The predicted octanol–water partition coefficient (Wildman–Crippen LogP) is 4.42. The number of nitrogens with one attached hydrogen (secondary N) is 2. The van der Waals surface area contributed by atoms with E-state index in [9.17, 15) is 9.59 Å².